The van der Waals surface area contributed by atoms with E-state index >= 15 is 0 Å². The van der Waals surface area contributed by atoms with Gasteiger partial charge in [-0.05, 0) is 37.0 Å². The van der Waals surface area contributed by atoms with Gasteiger partial charge in [-0.2, -0.15) is 0 Å². The van der Waals surface area contributed by atoms with Crippen LogP contribution in [0.4, 0.5) is 4.39 Å². The molecule has 1 aromatic rings. The molecule has 0 heterocycles. The molecule has 0 atom stereocenters. The molecule has 0 bridgehead atoms. The van der Waals surface area contributed by atoms with Crippen molar-refractivity contribution in [3.8, 4) is 0 Å². The van der Waals surface area contributed by atoms with E-state index in [0.29, 0.717) is 6.54 Å². The predicted octanol–water partition coefficient (Wildman–Crippen LogP) is 3.05. The molecule has 0 saturated heterocycles. The number of amides is 1. The van der Waals surface area contributed by atoms with E-state index in [2.05, 4.69) is 5.32 Å². The molecule has 0 aliphatic heterocycles. The number of carbonyl (C=O) groups is 1. The number of rotatable bonds is 4. The maximum absolute atomic E-state index is 13.5. The Kier molecular flexibility index (Phi) is 3.77. The second kappa shape index (κ2) is 5.30. The van der Waals surface area contributed by atoms with Crippen molar-refractivity contribution in [1.82, 2.24) is 5.32 Å². The number of nitrogens with one attached hydrogen (secondary N) is 1. The smallest absolute Gasteiger partial charge is 0.254 e. The van der Waals surface area contributed by atoms with Gasteiger partial charge in [0.25, 0.3) is 5.91 Å². The van der Waals surface area contributed by atoms with Crippen LogP contribution in [-0.2, 0) is 0 Å². The summed E-state index contributed by atoms with van der Waals surface area (Å²) >= 11 is 0. The molecule has 1 N–H and O–H groups in total. The first-order valence-electron chi connectivity index (χ1n) is 6.21. The lowest BCUT2D eigenvalue weighted by Gasteiger charge is -2.25. The summed E-state index contributed by atoms with van der Waals surface area (Å²) in [7, 11) is 0. The second-order valence-corrected chi connectivity index (χ2v) is 4.82. The standard InChI is InChI=1S/C14H18FNO/c1-10-5-6-12(13(15)9-10)14(17)16-8-7-11-3-2-4-11/h5-6,9,11H,2-4,7-8H2,1H3,(H,16,17). The topological polar surface area (TPSA) is 29.1 Å². The molecule has 1 amide bonds. The van der Waals surface area contributed by atoms with Crippen molar-refractivity contribution in [2.75, 3.05) is 6.54 Å². The molecular formula is C14H18FNO. The molecule has 1 saturated carbocycles. The number of carbonyl (C=O) groups excluding carboxylic acids is 1. The van der Waals surface area contributed by atoms with Gasteiger partial charge < -0.3 is 5.32 Å². The van der Waals surface area contributed by atoms with Gasteiger partial charge in [0.15, 0.2) is 0 Å². The van der Waals surface area contributed by atoms with Crippen LogP contribution >= 0.6 is 0 Å². The molecule has 0 unspecified atom stereocenters. The van der Waals surface area contributed by atoms with Crippen LogP contribution in [0, 0.1) is 18.7 Å². The molecule has 3 heteroatoms. The summed E-state index contributed by atoms with van der Waals surface area (Å²) in [6.45, 7) is 2.46. The monoisotopic (exact) mass is 235 g/mol. The fourth-order valence-electron chi connectivity index (χ4n) is 2.07. The summed E-state index contributed by atoms with van der Waals surface area (Å²) in [6, 6.07) is 4.69. The van der Waals surface area contributed by atoms with Gasteiger partial charge in [0, 0.05) is 6.54 Å². The van der Waals surface area contributed by atoms with E-state index in [4.69, 9.17) is 0 Å². The third-order valence-corrected chi connectivity index (χ3v) is 3.43. The summed E-state index contributed by atoms with van der Waals surface area (Å²) in [4.78, 5) is 11.7. The molecule has 0 spiro atoms. The summed E-state index contributed by atoms with van der Waals surface area (Å²) in [5.74, 6) is 0.0196. The average Bonchev–Trinajstić information content (AvgIpc) is 2.21. The zero-order valence-corrected chi connectivity index (χ0v) is 10.1. The van der Waals surface area contributed by atoms with Crippen LogP contribution in [0.5, 0.6) is 0 Å². The maximum Gasteiger partial charge on any atom is 0.254 e. The van der Waals surface area contributed by atoms with Gasteiger partial charge in [-0.25, -0.2) is 4.39 Å². The number of aryl methyl sites for hydroxylation is 1. The minimum absolute atomic E-state index is 0.143. The van der Waals surface area contributed by atoms with Gasteiger partial charge in [-0.3, -0.25) is 4.79 Å². The lowest BCUT2D eigenvalue weighted by atomic mass is 9.83. The van der Waals surface area contributed by atoms with E-state index in [1.54, 1.807) is 19.1 Å². The summed E-state index contributed by atoms with van der Waals surface area (Å²) < 4.78 is 13.5. The minimum atomic E-state index is -0.439. The van der Waals surface area contributed by atoms with Gasteiger partial charge in [0.2, 0.25) is 0 Å². The summed E-state index contributed by atoms with van der Waals surface area (Å²) in [6.07, 6.45) is 4.87. The summed E-state index contributed by atoms with van der Waals surface area (Å²) in [5.41, 5.74) is 0.970. The Hall–Kier alpha value is -1.38. The van der Waals surface area contributed by atoms with Crippen LogP contribution in [-0.4, -0.2) is 12.5 Å². The highest BCUT2D eigenvalue weighted by Gasteiger charge is 2.17. The Morgan fingerprint density at radius 3 is 2.82 bits per heavy atom. The Bertz CT molecular complexity index is 413. The summed E-state index contributed by atoms with van der Waals surface area (Å²) in [5, 5.41) is 2.78. The fourth-order valence-corrected chi connectivity index (χ4v) is 2.07. The zero-order chi connectivity index (χ0) is 12.3. The highest BCUT2D eigenvalue weighted by atomic mass is 19.1. The molecule has 0 radical (unpaired) electrons. The van der Waals surface area contributed by atoms with Crippen molar-refractivity contribution in [3.05, 3.63) is 35.1 Å². The molecular weight excluding hydrogens is 217 g/mol. The van der Waals surface area contributed by atoms with Gasteiger partial charge in [0.1, 0.15) is 5.82 Å². The first kappa shape index (κ1) is 12.1. The van der Waals surface area contributed by atoms with Crippen LogP contribution in [0.2, 0.25) is 0 Å². The quantitative estimate of drug-likeness (QED) is 0.853. The molecule has 1 aliphatic rings. The first-order valence-corrected chi connectivity index (χ1v) is 6.21. The van der Waals surface area contributed by atoms with Gasteiger partial charge in [-0.1, -0.05) is 25.3 Å². The number of hydrogen-bond donors (Lipinski definition) is 1. The third kappa shape index (κ3) is 3.05. The van der Waals surface area contributed by atoms with Crippen molar-refractivity contribution in [2.45, 2.75) is 32.6 Å². The Balaban J connectivity index is 1.85. The first-order chi connectivity index (χ1) is 8.16. The van der Waals surface area contributed by atoms with E-state index in [1.807, 2.05) is 0 Å². The van der Waals surface area contributed by atoms with Crippen molar-refractivity contribution in [1.29, 1.82) is 0 Å². The molecule has 1 fully saturated rings. The Morgan fingerprint density at radius 1 is 1.47 bits per heavy atom. The Morgan fingerprint density at radius 2 is 2.24 bits per heavy atom. The van der Waals surface area contributed by atoms with E-state index in [1.165, 1.54) is 25.3 Å². The minimum Gasteiger partial charge on any atom is -0.352 e. The number of hydrogen-bond acceptors (Lipinski definition) is 1. The van der Waals surface area contributed by atoms with Gasteiger partial charge >= 0.3 is 0 Å². The highest BCUT2D eigenvalue weighted by molar-refractivity contribution is 5.94. The normalized spacial score (nSPS) is 15.4. The molecule has 2 nitrogen and oxygen atoms in total. The predicted molar refractivity (Wildman–Crippen MR) is 65.4 cm³/mol. The SMILES string of the molecule is Cc1ccc(C(=O)NCCC2CCC2)c(F)c1. The number of benzene rings is 1. The van der Waals surface area contributed by atoms with E-state index < -0.39 is 5.82 Å². The molecule has 1 aromatic carbocycles. The van der Waals surface area contributed by atoms with Crippen LogP contribution < -0.4 is 5.32 Å². The number of halogens is 1. The molecule has 17 heavy (non-hydrogen) atoms. The maximum atomic E-state index is 13.5. The van der Waals surface area contributed by atoms with Crippen LogP contribution in [0.25, 0.3) is 0 Å². The molecule has 0 aromatic heterocycles. The highest BCUT2D eigenvalue weighted by Crippen LogP contribution is 2.28. The van der Waals surface area contributed by atoms with Gasteiger partial charge in [0.05, 0.1) is 5.56 Å². The molecule has 2 rings (SSSR count). The fraction of sp³-hybridized carbons (Fsp3) is 0.500. The van der Waals surface area contributed by atoms with E-state index in [-0.39, 0.29) is 11.5 Å². The average molecular weight is 235 g/mol. The van der Waals surface area contributed by atoms with E-state index in [9.17, 15) is 9.18 Å². The van der Waals surface area contributed by atoms with Crippen molar-refractivity contribution < 1.29 is 9.18 Å². The van der Waals surface area contributed by atoms with Crippen LogP contribution in [0.1, 0.15) is 41.6 Å². The zero-order valence-electron chi connectivity index (χ0n) is 10.1. The third-order valence-electron chi connectivity index (χ3n) is 3.43. The van der Waals surface area contributed by atoms with Crippen molar-refractivity contribution in [3.63, 3.8) is 0 Å². The van der Waals surface area contributed by atoms with Crippen LogP contribution in [0.15, 0.2) is 18.2 Å². The van der Waals surface area contributed by atoms with Crippen molar-refractivity contribution >= 4 is 5.91 Å². The second-order valence-electron chi connectivity index (χ2n) is 4.82. The largest absolute Gasteiger partial charge is 0.352 e. The van der Waals surface area contributed by atoms with E-state index in [0.717, 1.165) is 17.9 Å². The lowest BCUT2D eigenvalue weighted by molar-refractivity contribution is 0.0945. The molecule has 1 aliphatic carbocycles. The van der Waals surface area contributed by atoms with Crippen molar-refractivity contribution in [2.24, 2.45) is 5.92 Å². The van der Waals surface area contributed by atoms with Gasteiger partial charge in [-0.15, -0.1) is 0 Å². The lowest BCUT2D eigenvalue weighted by Crippen LogP contribution is -2.28. The molecule has 92 valence electrons. The Labute approximate surface area is 101 Å². The van der Waals surface area contributed by atoms with Crippen LogP contribution in [0.3, 0.4) is 0 Å².